The van der Waals surface area contributed by atoms with Crippen LogP contribution in [0.15, 0.2) is 0 Å². The maximum Gasteiger partial charge on any atom is 0.410 e. The van der Waals surface area contributed by atoms with Crippen LogP contribution in [0.25, 0.3) is 0 Å². The Labute approximate surface area is 151 Å². The predicted molar refractivity (Wildman–Crippen MR) is 96.4 cm³/mol. The van der Waals surface area contributed by atoms with Crippen LogP contribution in [0.4, 0.5) is 4.79 Å². The monoisotopic (exact) mass is 351 g/mol. The standard InChI is InChI=1S/C19H33N3O3/c1-3-7-16(2)22-15-19(25-18(22)24)8-12-21(13-9-19)17(23)14-20-10-5-4-6-11-20/h16H,3-15H2,1-2H3/t16-/m0/s1. The third-order valence-electron chi connectivity index (χ3n) is 6.07. The normalized spacial score (nSPS) is 25.3. The van der Waals surface area contributed by atoms with Crippen molar-refractivity contribution >= 4 is 12.0 Å². The van der Waals surface area contributed by atoms with Crippen LogP contribution in [-0.2, 0) is 9.53 Å². The second-order valence-corrected chi connectivity index (χ2v) is 8.03. The molecule has 0 radical (unpaired) electrons. The van der Waals surface area contributed by atoms with Crippen molar-refractivity contribution in [2.75, 3.05) is 39.3 Å². The molecular formula is C19H33N3O3. The molecule has 0 aromatic rings. The fourth-order valence-corrected chi connectivity index (χ4v) is 4.39. The van der Waals surface area contributed by atoms with E-state index in [-0.39, 0.29) is 23.6 Å². The zero-order valence-electron chi connectivity index (χ0n) is 15.8. The summed E-state index contributed by atoms with van der Waals surface area (Å²) < 4.78 is 5.79. The fourth-order valence-electron chi connectivity index (χ4n) is 4.39. The average Bonchev–Trinajstić information content (AvgIpc) is 2.93. The Morgan fingerprint density at radius 3 is 2.48 bits per heavy atom. The van der Waals surface area contributed by atoms with E-state index < -0.39 is 0 Å². The van der Waals surface area contributed by atoms with E-state index in [2.05, 4.69) is 18.7 Å². The average molecular weight is 351 g/mol. The van der Waals surface area contributed by atoms with Crippen molar-refractivity contribution in [1.82, 2.24) is 14.7 Å². The van der Waals surface area contributed by atoms with Crippen molar-refractivity contribution in [2.24, 2.45) is 0 Å². The minimum Gasteiger partial charge on any atom is -0.441 e. The lowest BCUT2D eigenvalue weighted by Crippen LogP contribution is -2.51. The van der Waals surface area contributed by atoms with Gasteiger partial charge in [0.2, 0.25) is 5.91 Å². The first kappa shape index (κ1) is 18.5. The molecule has 3 aliphatic heterocycles. The van der Waals surface area contributed by atoms with Crippen molar-refractivity contribution in [3.8, 4) is 0 Å². The topological polar surface area (TPSA) is 53.1 Å². The summed E-state index contributed by atoms with van der Waals surface area (Å²) in [6, 6.07) is 0.232. The largest absolute Gasteiger partial charge is 0.441 e. The summed E-state index contributed by atoms with van der Waals surface area (Å²) in [4.78, 5) is 30.9. The van der Waals surface area contributed by atoms with E-state index >= 15 is 0 Å². The molecule has 3 heterocycles. The van der Waals surface area contributed by atoms with E-state index in [1.807, 2.05) is 9.80 Å². The van der Waals surface area contributed by atoms with Gasteiger partial charge in [0.25, 0.3) is 0 Å². The molecule has 0 aromatic carbocycles. The van der Waals surface area contributed by atoms with Gasteiger partial charge in [-0.3, -0.25) is 9.69 Å². The summed E-state index contributed by atoms with van der Waals surface area (Å²) >= 11 is 0. The van der Waals surface area contributed by atoms with Gasteiger partial charge in [0.05, 0.1) is 13.1 Å². The zero-order chi connectivity index (χ0) is 17.9. The zero-order valence-corrected chi connectivity index (χ0v) is 15.8. The van der Waals surface area contributed by atoms with Crippen LogP contribution in [0.5, 0.6) is 0 Å². The highest BCUT2D eigenvalue weighted by Crippen LogP contribution is 2.34. The predicted octanol–water partition coefficient (Wildman–Crippen LogP) is 2.47. The summed E-state index contributed by atoms with van der Waals surface area (Å²) in [6.45, 7) is 8.97. The van der Waals surface area contributed by atoms with Crippen molar-refractivity contribution in [1.29, 1.82) is 0 Å². The number of carbonyl (C=O) groups is 2. The van der Waals surface area contributed by atoms with Gasteiger partial charge in [-0.05, 0) is 39.3 Å². The van der Waals surface area contributed by atoms with Gasteiger partial charge >= 0.3 is 6.09 Å². The Hall–Kier alpha value is -1.30. The molecule has 0 N–H and O–H groups in total. The summed E-state index contributed by atoms with van der Waals surface area (Å²) in [6.07, 6.45) is 7.13. The van der Waals surface area contributed by atoms with Crippen LogP contribution >= 0.6 is 0 Å². The lowest BCUT2D eigenvalue weighted by atomic mass is 9.91. The van der Waals surface area contributed by atoms with E-state index in [9.17, 15) is 9.59 Å². The van der Waals surface area contributed by atoms with Gasteiger partial charge in [-0.1, -0.05) is 19.8 Å². The first-order valence-corrected chi connectivity index (χ1v) is 10.0. The number of nitrogens with zero attached hydrogens (tertiary/aromatic N) is 3. The molecule has 0 bridgehead atoms. The quantitative estimate of drug-likeness (QED) is 0.764. The molecular weight excluding hydrogens is 318 g/mol. The van der Waals surface area contributed by atoms with Gasteiger partial charge in [0, 0.05) is 32.0 Å². The highest BCUT2D eigenvalue weighted by Gasteiger charge is 2.48. The summed E-state index contributed by atoms with van der Waals surface area (Å²) in [5.74, 6) is 0.234. The van der Waals surface area contributed by atoms with Gasteiger partial charge in [-0.25, -0.2) is 4.79 Å². The first-order valence-electron chi connectivity index (χ1n) is 10.0. The van der Waals surface area contributed by atoms with Gasteiger partial charge < -0.3 is 14.5 Å². The number of piperidine rings is 2. The minimum absolute atomic E-state index is 0.172. The third-order valence-corrected chi connectivity index (χ3v) is 6.07. The van der Waals surface area contributed by atoms with Crippen LogP contribution in [0.1, 0.15) is 58.8 Å². The number of likely N-dealkylation sites (tertiary alicyclic amines) is 2. The third kappa shape index (κ3) is 4.27. The van der Waals surface area contributed by atoms with Gasteiger partial charge in [-0.2, -0.15) is 0 Å². The van der Waals surface area contributed by atoms with E-state index in [4.69, 9.17) is 4.74 Å². The first-order chi connectivity index (χ1) is 12.0. The van der Waals surface area contributed by atoms with E-state index in [1.54, 1.807) is 0 Å². The fraction of sp³-hybridized carbons (Fsp3) is 0.895. The number of hydrogen-bond acceptors (Lipinski definition) is 4. The van der Waals surface area contributed by atoms with Gasteiger partial charge in [0.1, 0.15) is 5.60 Å². The van der Waals surface area contributed by atoms with E-state index in [0.29, 0.717) is 26.2 Å². The minimum atomic E-state index is -0.374. The lowest BCUT2D eigenvalue weighted by molar-refractivity contribution is -0.136. The molecule has 1 spiro atoms. The molecule has 0 saturated carbocycles. The van der Waals surface area contributed by atoms with Crippen molar-refractivity contribution in [2.45, 2.75) is 70.4 Å². The maximum atomic E-state index is 12.6. The van der Waals surface area contributed by atoms with E-state index in [1.165, 1.54) is 19.3 Å². The Bertz CT molecular complexity index is 482. The van der Waals surface area contributed by atoms with Gasteiger partial charge in [-0.15, -0.1) is 0 Å². The molecule has 3 saturated heterocycles. The lowest BCUT2D eigenvalue weighted by Gasteiger charge is -2.38. The number of hydrogen-bond donors (Lipinski definition) is 0. The van der Waals surface area contributed by atoms with Crippen LogP contribution in [0.2, 0.25) is 0 Å². The Morgan fingerprint density at radius 1 is 1.16 bits per heavy atom. The van der Waals surface area contributed by atoms with Crippen LogP contribution in [0.3, 0.4) is 0 Å². The van der Waals surface area contributed by atoms with Crippen LogP contribution in [-0.4, -0.2) is 77.6 Å². The van der Waals surface area contributed by atoms with Crippen molar-refractivity contribution in [3.63, 3.8) is 0 Å². The Balaban J connectivity index is 1.49. The number of rotatable bonds is 5. The Kier molecular flexibility index (Phi) is 5.87. The van der Waals surface area contributed by atoms with Crippen LogP contribution in [0, 0.1) is 0 Å². The molecule has 3 rings (SSSR count). The van der Waals surface area contributed by atoms with Crippen molar-refractivity contribution in [3.05, 3.63) is 0 Å². The second-order valence-electron chi connectivity index (χ2n) is 8.03. The molecule has 142 valence electrons. The molecule has 6 nitrogen and oxygen atoms in total. The molecule has 2 amide bonds. The summed E-state index contributed by atoms with van der Waals surface area (Å²) in [7, 11) is 0. The molecule has 1 atom stereocenters. The van der Waals surface area contributed by atoms with E-state index in [0.717, 1.165) is 38.8 Å². The SMILES string of the molecule is CCC[C@H](C)N1CC2(CCN(C(=O)CN3CCCCC3)CC2)OC1=O. The molecule has 6 heteroatoms. The smallest absolute Gasteiger partial charge is 0.410 e. The van der Waals surface area contributed by atoms with Crippen LogP contribution < -0.4 is 0 Å². The summed E-state index contributed by atoms with van der Waals surface area (Å²) in [5.41, 5.74) is -0.374. The maximum absolute atomic E-state index is 12.6. The molecule has 25 heavy (non-hydrogen) atoms. The highest BCUT2D eigenvalue weighted by atomic mass is 16.6. The Morgan fingerprint density at radius 2 is 1.84 bits per heavy atom. The van der Waals surface area contributed by atoms with Crippen molar-refractivity contribution < 1.29 is 14.3 Å². The molecule has 0 aliphatic carbocycles. The highest BCUT2D eigenvalue weighted by molar-refractivity contribution is 5.78. The molecule has 0 unspecified atom stereocenters. The summed E-state index contributed by atoms with van der Waals surface area (Å²) in [5, 5.41) is 0. The number of ether oxygens (including phenoxy) is 1. The molecule has 3 aliphatic rings. The molecule has 0 aromatic heterocycles. The number of amides is 2. The second kappa shape index (κ2) is 7.94. The number of carbonyl (C=O) groups excluding carboxylic acids is 2. The van der Waals surface area contributed by atoms with Gasteiger partial charge in [0.15, 0.2) is 0 Å². The molecule has 3 fully saturated rings.